The maximum absolute atomic E-state index is 12.3. The highest BCUT2D eigenvalue weighted by atomic mass is 35.5. The number of halogens is 2. The van der Waals surface area contributed by atoms with E-state index < -0.39 is 0 Å². The molecule has 118 valence electrons. The van der Waals surface area contributed by atoms with Gasteiger partial charge in [0.1, 0.15) is 16.7 Å². The molecule has 22 heavy (non-hydrogen) atoms. The van der Waals surface area contributed by atoms with Crippen molar-refractivity contribution >= 4 is 29.1 Å². The van der Waals surface area contributed by atoms with E-state index in [0.29, 0.717) is 22.4 Å². The van der Waals surface area contributed by atoms with E-state index in [-0.39, 0.29) is 5.91 Å². The molecular weight excluding hydrogens is 325 g/mol. The van der Waals surface area contributed by atoms with Gasteiger partial charge in [-0.2, -0.15) is 0 Å². The number of fused-ring (bicyclic) bond motifs is 1. The average Bonchev–Trinajstić information content (AvgIpc) is 2.89. The van der Waals surface area contributed by atoms with Crippen LogP contribution in [0.15, 0.2) is 6.07 Å². The van der Waals surface area contributed by atoms with Crippen LogP contribution >= 0.6 is 23.2 Å². The predicted molar refractivity (Wildman–Crippen MR) is 84.2 cm³/mol. The van der Waals surface area contributed by atoms with Gasteiger partial charge in [-0.1, -0.05) is 29.6 Å². The van der Waals surface area contributed by atoms with Crippen molar-refractivity contribution in [2.75, 3.05) is 0 Å². The molecule has 0 atom stereocenters. The zero-order valence-electron chi connectivity index (χ0n) is 12.3. The molecule has 0 aliphatic carbocycles. The minimum atomic E-state index is -0.234. The van der Waals surface area contributed by atoms with Crippen LogP contribution in [0.4, 0.5) is 0 Å². The Morgan fingerprint density at radius 1 is 1.32 bits per heavy atom. The molecule has 0 spiro atoms. The van der Waals surface area contributed by atoms with Gasteiger partial charge in [0.2, 0.25) is 0 Å². The summed E-state index contributed by atoms with van der Waals surface area (Å²) in [5, 5.41) is 12.0. The molecule has 0 aromatic carbocycles. The van der Waals surface area contributed by atoms with Gasteiger partial charge in [-0.05, 0) is 18.9 Å². The normalized spacial score (nSPS) is 14.5. The van der Waals surface area contributed by atoms with Gasteiger partial charge in [0, 0.05) is 20.0 Å². The van der Waals surface area contributed by atoms with E-state index in [1.165, 1.54) is 6.42 Å². The molecule has 0 unspecified atom stereocenters. The Hall–Kier alpha value is -1.53. The lowest BCUT2D eigenvalue weighted by Gasteiger charge is -2.08. The number of hydrogen-bond acceptors (Lipinski definition) is 3. The molecule has 2 aromatic rings. The van der Waals surface area contributed by atoms with Crippen molar-refractivity contribution in [2.45, 2.75) is 38.8 Å². The van der Waals surface area contributed by atoms with Crippen LogP contribution in [0, 0.1) is 0 Å². The lowest BCUT2D eigenvalue weighted by Crippen LogP contribution is -2.26. The number of hydrogen-bond donors (Lipinski definition) is 1. The third kappa shape index (κ3) is 2.85. The third-order valence-corrected chi connectivity index (χ3v) is 4.78. The van der Waals surface area contributed by atoms with Crippen molar-refractivity contribution in [3.05, 3.63) is 33.6 Å². The molecule has 0 saturated carbocycles. The number of carbonyl (C=O) groups is 1. The van der Waals surface area contributed by atoms with Gasteiger partial charge < -0.3 is 14.5 Å². The second kappa shape index (κ2) is 6.30. The van der Waals surface area contributed by atoms with Gasteiger partial charge in [0.05, 0.1) is 11.6 Å². The van der Waals surface area contributed by atoms with E-state index in [2.05, 4.69) is 20.1 Å². The Labute approximate surface area is 138 Å². The molecule has 0 bridgehead atoms. The first kappa shape index (κ1) is 15.4. The van der Waals surface area contributed by atoms with Gasteiger partial charge in [-0.3, -0.25) is 4.79 Å². The minimum absolute atomic E-state index is 0.234. The molecule has 0 fully saturated rings. The van der Waals surface area contributed by atoms with Gasteiger partial charge in [0.15, 0.2) is 5.82 Å². The summed E-state index contributed by atoms with van der Waals surface area (Å²) < 4.78 is 3.67. The van der Waals surface area contributed by atoms with Crippen molar-refractivity contribution in [1.82, 2.24) is 24.6 Å². The molecular formula is C14H17Cl2N5O. The van der Waals surface area contributed by atoms with Crippen LogP contribution in [-0.4, -0.2) is 25.2 Å². The molecule has 1 aliphatic rings. The SMILES string of the molecule is Cn1c(C(=O)NCc2nnc3n2CCCCC3)cc(Cl)c1Cl. The predicted octanol–water partition coefficient (Wildman–Crippen LogP) is 2.58. The highest BCUT2D eigenvalue weighted by Gasteiger charge is 2.18. The Bertz CT molecular complexity index is 706. The lowest BCUT2D eigenvalue weighted by molar-refractivity contribution is 0.0941. The number of aryl methyl sites for hydroxylation is 1. The monoisotopic (exact) mass is 341 g/mol. The summed E-state index contributed by atoms with van der Waals surface area (Å²) in [5.41, 5.74) is 0.422. The van der Waals surface area contributed by atoms with Gasteiger partial charge in [-0.15, -0.1) is 10.2 Å². The molecule has 1 aliphatic heterocycles. The van der Waals surface area contributed by atoms with Crippen LogP contribution in [0.25, 0.3) is 0 Å². The molecule has 3 rings (SSSR count). The van der Waals surface area contributed by atoms with Crippen LogP contribution in [0.1, 0.15) is 41.4 Å². The van der Waals surface area contributed by atoms with Crippen LogP contribution in [0.2, 0.25) is 10.2 Å². The summed E-state index contributed by atoms with van der Waals surface area (Å²) in [7, 11) is 1.70. The zero-order chi connectivity index (χ0) is 15.7. The first-order chi connectivity index (χ1) is 10.6. The van der Waals surface area contributed by atoms with Gasteiger partial charge >= 0.3 is 0 Å². The molecule has 0 radical (unpaired) electrons. The number of nitrogens with one attached hydrogen (secondary N) is 1. The number of aromatic nitrogens is 4. The summed E-state index contributed by atoms with van der Waals surface area (Å²) in [6, 6.07) is 1.56. The van der Waals surface area contributed by atoms with E-state index in [1.54, 1.807) is 17.7 Å². The number of rotatable bonds is 3. The molecule has 3 heterocycles. The Morgan fingerprint density at radius 3 is 2.86 bits per heavy atom. The van der Waals surface area contributed by atoms with Crippen molar-refractivity contribution in [3.63, 3.8) is 0 Å². The fraction of sp³-hybridized carbons (Fsp3) is 0.500. The molecule has 1 N–H and O–H groups in total. The smallest absolute Gasteiger partial charge is 0.268 e. The van der Waals surface area contributed by atoms with E-state index in [4.69, 9.17) is 23.2 Å². The quantitative estimate of drug-likeness (QED) is 0.932. The summed E-state index contributed by atoms with van der Waals surface area (Å²) >= 11 is 11.9. The van der Waals surface area contributed by atoms with Crippen LogP contribution in [0.5, 0.6) is 0 Å². The number of nitrogens with zero attached hydrogens (tertiary/aromatic N) is 4. The first-order valence-electron chi connectivity index (χ1n) is 7.28. The summed E-state index contributed by atoms with van der Waals surface area (Å²) in [5.74, 6) is 1.56. The third-order valence-electron chi connectivity index (χ3n) is 3.94. The van der Waals surface area contributed by atoms with Crippen molar-refractivity contribution in [1.29, 1.82) is 0 Å². The zero-order valence-corrected chi connectivity index (χ0v) is 13.8. The second-order valence-electron chi connectivity index (χ2n) is 5.40. The summed E-state index contributed by atoms with van der Waals surface area (Å²) in [6.45, 7) is 1.25. The Morgan fingerprint density at radius 2 is 2.14 bits per heavy atom. The second-order valence-corrected chi connectivity index (χ2v) is 6.17. The first-order valence-corrected chi connectivity index (χ1v) is 8.03. The lowest BCUT2D eigenvalue weighted by atomic mass is 10.2. The topological polar surface area (TPSA) is 64.7 Å². The van der Waals surface area contributed by atoms with Crippen molar-refractivity contribution < 1.29 is 4.79 Å². The van der Waals surface area contributed by atoms with Gasteiger partial charge in [0.25, 0.3) is 5.91 Å². The highest BCUT2D eigenvalue weighted by molar-refractivity contribution is 6.41. The van der Waals surface area contributed by atoms with Crippen LogP contribution in [-0.2, 0) is 26.6 Å². The average molecular weight is 342 g/mol. The minimum Gasteiger partial charge on any atom is -0.343 e. The molecule has 0 saturated heterocycles. The van der Waals surface area contributed by atoms with Crippen LogP contribution in [0.3, 0.4) is 0 Å². The number of amides is 1. The molecule has 6 nitrogen and oxygen atoms in total. The van der Waals surface area contributed by atoms with E-state index >= 15 is 0 Å². The Kier molecular flexibility index (Phi) is 4.40. The van der Waals surface area contributed by atoms with Crippen LogP contribution < -0.4 is 5.32 Å². The fourth-order valence-corrected chi connectivity index (χ4v) is 3.06. The largest absolute Gasteiger partial charge is 0.343 e. The van der Waals surface area contributed by atoms with E-state index in [1.807, 2.05) is 0 Å². The summed E-state index contributed by atoms with van der Waals surface area (Å²) in [6.07, 6.45) is 4.42. The van der Waals surface area contributed by atoms with Crippen molar-refractivity contribution in [3.8, 4) is 0 Å². The maximum Gasteiger partial charge on any atom is 0.268 e. The van der Waals surface area contributed by atoms with E-state index in [0.717, 1.165) is 37.5 Å². The maximum atomic E-state index is 12.3. The molecule has 1 amide bonds. The summed E-state index contributed by atoms with van der Waals surface area (Å²) in [4.78, 5) is 12.3. The van der Waals surface area contributed by atoms with E-state index in [9.17, 15) is 4.79 Å². The highest BCUT2D eigenvalue weighted by Crippen LogP contribution is 2.25. The standard InChI is InChI=1S/C14H17Cl2N5O/c1-20-10(7-9(15)13(20)16)14(22)17-8-12-19-18-11-5-3-2-4-6-21(11)12/h7H,2-6,8H2,1H3,(H,17,22). The molecule has 8 heteroatoms. The van der Waals surface area contributed by atoms with Gasteiger partial charge in [-0.25, -0.2) is 0 Å². The Balaban J connectivity index is 1.71. The molecule has 2 aromatic heterocycles. The number of carbonyl (C=O) groups excluding carboxylic acids is 1. The van der Waals surface area contributed by atoms with Crippen molar-refractivity contribution in [2.24, 2.45) is 7.05 Å². The fourth-order valence-electron chi connectivity index (χ4n) is 2.69.